The Labute approximate surface area is 64.2 Å². The van der Waals surface area contributed by atoms with Gasteiger partial charge in [0.05, 0.1) is 6.10 Å². The SMILES string of the molecule is N[C@H]1C[C@@H](NC(=O)O)C[C@@H]1O. The summed E-state index contributed by atoms with van der Waals surface area (Å²) in [5.41, 5.74) is 5.46. The minimum atomic E-state index is -1.06. The summed E-state index contributed by atoms with van der Waals surface area (Å²) in [6.45, 7) is 0. The zero-order chi connectivity index (χ0) is 8.43. The van der Waals surface area contributed by atoms with Crippen LogP contribution < -0.4 is 11.1 Å². The van der Waals surface area contributed by atoms with Gasteiger partial charge in [-0.1, -0.05) is 0 Å². The summed E-state index contributed by atoms with van der Waals surface area (Å²) < 4.78 is 0. The molecule has 0 spiro atoms. The van der Waals surface area contributed by atoms with E-state index in [4.69, 9.17) is 15.9 Å². The Morgan fingerprint density at radius 2 is 2.18 bits per heavy atom. The molecule has 1 amide bonds. The van der Waals surface area contributed by atoms with E-state index < -0.39 is 12.2 Å². The van der Waals surface area contributed by atoms with Crippen LogP contribution in [-0.2, 0) is 0 Å². The standard InChI is InChI=1S/C6H12N2O3/c7-4-1-3(2-5(4)9)8-6(10)11/h3-5,8-9H,1-2,7H2,(H,10,11)/t3-,4+,5+/m1/s1. The molecule has 0 aromatic heterocycles. The molecule has 0 bridgehead atoms. The van der Waals surface area contributed by atoms with E-state index in [0.29, 0.717) is 12.8 Å². The first-order valence-corrected chi connectivity index (χ1v) is 3.52. The number of carboxylic acid groups (broad SMARTS) is 1. The zero-order valence-electron chi connectivity index (χ0n) is 6.03. The van der Waals surface area contributed by atoms with E-state index in [9.17, 15) is 4.79 Å². The van der Waals surface area contributed by atoms with E-state index in [0.717, 1.165) is 0 Å². The van der Waals surface area contributed by atoms with E-state index in [-0.39, 0.29) is 12.1 Å². The molecule has 0 saturated heterocycles. The molecule has 0 radical (unpaired) electrons. The number of nitrogens with one attached hydrogen (secondary N) is 1. The molecule has 5 N–H and O–H groups in total. The van der Waals surface area contributed by atoms with Crippen molar-refractivity contribution in [3.63, 3.8) is 0 Å². The van der Waals surface area contributed by atoms with Crippen molar-refractivity contribution in [2.45, 2.75) is 31.0 Å². The van der Waals surface area contributed by atoms with Gasteiger partial charge in [-0.05, 0) is 12.8 Å². The van der Waals surface area contributed by atoms with Crippen molar-refractivity contribution < 1.29 is 15.0 Å². The lowest BCUT2D eigenvalue weighted by atomic mass is 10.2. The molecule has 1 rings (SSSR count). The summed E-state index contributed by atoms with van der Waals surface area (Å²) >= 11 is 0. The third-order valence-corrected chi connectivity index (χ3v) is 1.90. The minimum absolute atomic E-state index is 0.183. The van der Waals surface area contributed by atoms with Crippen molar-refractivity contribution in [3.05, 3.63) is 0 Å². The molecule has 0 heterocycles. The molecule has 1 aliphatic carbocycles. The van der Waals surface area contributed by atoms with Gasteiger partial charge in [-0.15, -0.1) is 0 Å². The highest BCUT2D eigenvalue weighted by atomic mass is 16.4. The van der Waals surface area contributed by atoms with Crippen LogP contribution in [0.25, 0.3) is 0 Å². The average Bonchev–Trinajstić information content (AvgIpc) is 2.10. The third kappa shape index (κ3) is 2.06. The zero-order valence-corrected chi connectivity index (χ0v) is 6.03. The van der Waals surface area contributed by atoms with Gasteiger partial charge in [0.1, 0.15) is 0 Å². The second-order valence-corrected chi connectivity index (χ2v) is 2.85. The van der Waals surface area contributed by atoms with Gasteiger partial charge in [0.2, 0.25) is 0 Å². The second-order valence-electron chi connectivity index (χ2n) is 2.85. The maximum Gasteiger partial charge on any atom is 0.404 e. The molecular formula is C6H12N2O3. The average molecular weight is 160 g/mol. The number of hydrogen-bond acceptors (Lipinski definition) is 3. The third-order valence-electron chi connectivity index (χ3n) is 1.90. The Hall–Kier alpha value is -0.810. The fourth-order valence-electron chi connectivity index (χ4n) is 1.34. The summed E-state index contributed by atoms with van der Waals surface area (Å²) in [5, 5.41) is 19.7. The number of rotatable bonds is 1. The molecule has 64 valence electrons. The van der Waals surface area contributed by atoms with Crippen molar-refractivity contribution in [2.24, 2.45) is 5.73 Å². The molecule has 0 aromatic carbocycles. The van der Waals surface area contributed by atoms with Crippen LogP contribution in [0.2, 0.25) is 0 Å². The van der Waals surface area contributed by atoms with Gasteiger partial charge in [0, 0.05) is 12.1 Å². The molecule has 5 nitrogen and oxygen atoms in total. The van der Waals surface area contributed by atoms with E-state index >= 15 is 0 Å². The van der Waals surface area contributed by atoms with Crippen molar-refractivity contribution in [3.8, 4) is 0 Å². The lowest BCUT2D eigenvalue weighted by Crippen LogP contribution is -2.32. The summed E-state index contributed by atoms with van der Waals surface area (Å²) in [7, 11) is 0. The molecule has 5 heteroatoms. The van der Waals surface area contributed by atoms with Crippen LogP contribution in [0.5, 0.6) is 0 Å². The summed E-state index contributed by atoms with van der Waals surface area (Å²) in [6, 6.07) is -0.468. The summed E-state index contributed by atoms with van der Waals surface area (Å²) in [6.07, 6.45) is -0.677. The molecule has 0 unspecified atom stereocenters. The Morgan fingerprint density at radius 1 is 1.55 bits per heavy atom. The van der Waals surface area contributed by atoms with Crippen LogP contribution in [0, 0.1) is 0 Å². The fourth-order valence-corrected chi connectivity index (χ4v) is 1.34. The van der Waals surface area contributed by atoms with Gasteiger partial charge in [0.25, 0.3) is 0 Å². The van der Waals surface area contributed by atoms with Gasteiger partial charge in [0.15, 0.2) is 0 Å². The first-order valence-electron chi connectivity index (χ1n) is 3.52. The summed E-state index contributed by atoms with van der Waals surface area (Å²) in [4.78, 5) is 10.1. The molecule has 3 atom stereocenters. The van der Waals surface area contributed by atoms with Gasteiger partial charge >= 0.3 is 6.09 Å². The number of nitrogens with two attached hydrogens (primary N) is 1. The topological polar surface area (TPSA) is 95.6 Å². The molecule has 1 aliphatic rings. The lowest BCUT2D eigenvalue weighted by Gasteiger charge is -2.07. The van der Waals surface area contributed by atoms with Crippen LogP contribution in [0.15, 0.2) is 0 Å². The predicted molar refractivity (Wildman–Crippen MR) is 38.2 cm³/mol. The fraction of sp³-hybridized carbons (Fsp3) is 0.833. The van der Waals surface area contributed by atoms with Gasteiger partial charge in [-0.25, -0.2) is 4.79 Å². The Kier molecular flexibility index (Phi) is 2.31. The van der Waals surface area contributed by atoms with Crippen LogP contribution in [0.4, 0.5) is 4.79 Å². The Balaban J connectivity index is 2.35. The molecule has 0 aliphatic heterocycles. The lowest BCUT2D eigenvalue weighted by molar-refractivity contribution is 0.161. The van der Waals surface area contributed by atoms with Gasteiger partial charge < -0.3 is 21.3 Å². The quantitative estimate of drug-likeness (QED) is 0.400. The van der Waals surface area contributed by atoms with E-state index in [1.165, 1.54) is 0 Å². The molecule has 1 saturated carbocycles. The molecule has 11 heavy (non-hydrogen) atoms. The molecular weight excluding hydrogens is 148 g/mol. The van der Waals surface area contributed by atoms with Gasteiger partial charge in [-0.3, -0.25) is 0 Å². The van der Waals surface area contributed by atoms with E-state index in [1.807, 2.05) is 0 Å². The second kappa shape index (κ2) is 3.06. The number of amides is 1. The van der Waals surface area contributed by atoms with Crippen molar-refractivity contribution in [1.82, 2.24) is 5.32 Å². The Morgan fingerprint density at radius 3 is 2.55 bits per heavy atom. The van der Waals surface area contributed by atoms with Crippen molar-refractivity contribution in [2.75, 3.05) is 0 Å². The molecule has 0 aromatic rings. The van der Waals surface area contributed by atoms with Crippen molar-refractivity contribution in [1.29, 1.82) is 0 Å². The monoisotopic (exact) mass is 160 g/mol. The Bertz CT molecular complexity index is 152. The van der Waals surface area contributed by atoms with Gasteiger partial charge in [-0.2, -0.15) is 0 Å². The highest BCUT2D eigenvalue weighted by Gasteiger charge is 2.30. The smallest absolute Gasteiger partial charge is 0.404 e. The maximum atomic E-state index is 10.1. The van der Waals surface area contributed by atoms with Crippen LogP contribution >= 0.6 is 0 Å². The predicted octanol–water partition coefficient (Wildman–Crippen LogP) is -0.895. The van der Waals surface area contributed by atoms with Crippen LogP contribution in [-0.4, -0.2) is 34.5 Å². The maximum absolute atomic E-state index is 10.1. The highest BCUT2D eigenvalue weighted by Crippen LogP contribution is 2.17. The molecule has 1 fully saturated rings. The van der Waals surface area contributed by atoms with E-state index in [2.05, 4.69) is 5.32 Å². The van der Waals surface area contributed by atoms with E-state index in [1.54, 1.807) is 0 Å². The number of aliphatic hydroxyl groups excluding tert-OH is 1. The first kappa shape index (κ1) is 8.29. The van der Waals surface area contributed by atoms with Crippen LogP contribution in [0.1, 0.15) is 12.8 Å². The highest BCUT2D eigenvalue weighted by molar-refractivity contribution is 5.64. The number of carbonyl (C=O) groups is 1. The largest absolute Gasteiger partial charge is 0.465 e. The normalized spacial score (nSPS) is 37.1. The summed E-state index contributed by atoms with van der Waals surface area (Å²) in [5.74, 6) is 0. The number of aliphatic hydroxyl groups is 1. The minimum Gasteiger partial charge on any atom is -0.465 e. The van der Waals surface area contributed by atoms with Crippen LogP contribution in [0.3, 0.4) is 0 Å². The first-order chi connectivity index (χ1) is 5.09. The van der Waals surface area contributed by atoms with Crippen molar-refractivity contribution >= 4 is 6.09 Å². The number of hydrogen-bond donors (Lipinski definition) is 4.